The van der Waals surface area contributed by atoms with Crippen molar-refractivity contribution in [2.24, 2.45) is 0 Å². The second kappa shape index (κ2) is 12.9. The minimum Gasteiger partial charge on any atom is -0.346 e. The molecule has 0 bridgehead atoms. The first kappa shape index (κ1) is 21.4. The maximum Gasteiger partial charge on any atom is 4.00 e. The van der Waals surface area contributed by atoms with E-state index in [-0.39, 0.29) is 21.7 Å². The second-order valence-electron chi connectivity index (χ2n) is 4.31. The van der Waals surface area contributed by atoms with Gasteiger partial charge in [-0.05, 0) is 0 Å². The maximum absolute atomic E-state index is 3.25. The SMILES string of the molecule is [CH2-]C.[CH2-]C.[Ti+4].c1ccc2[cH-]ccc2c1.c1ccc2[cH-]ccc2c1. The summed E-state index contributed by atoms with van der Waals surface area (Å²) in [4.78, 5) is 0. The van der Waals surface area contributed by atoms with Crippen molar-refractivity contribution in [1.29, 1.82) is 0 Å². The Morgan fingerprint density at radius 3 is 1.26 bits per heavy atom. The molecule has 0 fully saturated rings. The molecule has 4 rings (SSSR count). The molecule has 0 atom stereocenters. The predicted molar refractivity (Wildman–Crippen MR) is 101 cm³/mol. The Morgan fingerprint density at radius 2 is 0.913 bits per heavy atom. The number of hydrogen-bond donors (Lipinski definition) is 0. The van der Waals surface area contributed by atoms with Gasteiger partial charge < -0.3 is 13.8 Å². The van der Waals surface area contributed by atoms with Gasteiger partial charge in [0.2, 0.25) is 0 Å². The summed E-state index contributed by atoms with van der Waals surface area (Å²) in [5.74, 6) is 0. The zero-order valence-electron chi connectivity index (χ0n) is 14.0. The van der Waals surface area contributed by atoms with Crippen molar-refractivity contribution in [2.75, 3.05) is 0 Å². The van der Waals surface area contributed by atoms with E-state index in [2.05, 4.69) is 98.8 Å². The molecule has 0 aliphatic heterocycles. The monoisotopic (exact) mass is 336 g/mol. The molecule has 0 nitrogen and oxygen atoms in total. The Balaban J connectivity index is 0.000000335. The Hall–Kier alpha value is -1.63. The molecule has 0 amide bonds. The fourth-order valence-electron chi connectivity index (χ4n) is 2.14. The standard InChI is InChI=1S/2C9H7.2C2H5.Ti/c2*1-2-5-9-7-3-6-8(9)4-1;2*1-2;/h2*1-7H;2*1H2,2H3;/q4*-1;+4. The topological polar surface area (TPSA) is 0 Å². The molecule has 23 heavy (non-hydrogen) atoms. The fraction of sp³-hybridized carbons (Fsp3) is 0.0909. The summed E-state index contributed by atoms with van der Waals surface area (Å²) < 4.78 is 0. The Morgan fingerprint density at radius 1 is 0.565 bits per heavy atom. The van der Waals surface area contributed by atoms with Gasteiger partial charge in [0.1, 0.15) is 0 Å². The molecule has 0 aliphatic carbocycles. The van der Waals surface area contributed by atoms with Crippen molar-refractivity contribution >= 4 is 21.5 Å². The van der Waals surface area contributed by atoms with Crippen LogP contribution in [0, 0.1) is 13.8 Å². The van der Waals surface area contributed by atoms with E-state index < -0.39 is 0 Å². The molecular weight excluding hydrogens is 312 g/mol. The Bertz CT molecular complexity index is 620. The molecule has 4 aromatic carbocycles. The third-order valence-corrected chi connectivity index (χ3v) is 3.10. The molecule has 4 aromatic rings. The van der Waals surface area contributed by atoms with Crippen molar-refractivity contribution in [3.05, 3.63) is 98.8 Å². The quantitative estimate of drug-likeness (QED) is 0.245. The van der Waals surface area contributed by atoms with E-state index in [1.807, 2.05) is 0 Å². The van der Waals surface area contributed by atoms with Crippen molar-refractivity contribution in [2.45, 2.75) is 13.8 Å². The first-order chi connectivity index (χ1) is 10.9. The van der Waals surface area contributed by atoms with Crippen molar-refractivity contribution in [3.8, 4) is 0 Å². The summed E-state index contributed by atoms with van der Waals surface area (Å²) in [6.07, 6.45) is 0. The molecule has 0 heterocycles. The van der Waals surface area contributed by atoms with Gasteiger partial charge in [-0.15, -0.1) is 59.3 Å². The average molecular weight is 336 g/mol. The Labute approximate surface area is 155 Å². The van der Waals surface area contributed by atoms with Gasteiger partial charge in [-0.1, -0.05) is 12.1 Å². The van der Waals surface area contributed by atoms with Gasteiger partial charge in [0.25, 0.3) is 0 Å². The molecule has 0 aromatic heterocycles. The minimum atomic E-state index is 0. The molecule has 1 heteroatoms. The summed E-state index contributed by atoms with van der Waals surface area (Å²) in [7, 11) is 0. The molecule has 0 aliphatic rings. The molecule has 0 radical (unpaired) electrons. The van der Waals surface area contributed by atoms with Crippen LogP contribution in [0.1, 0.15) is 13.8 Å². The third kappa shape index (κ3) is 6.56. The fourth-order valence-corrected chi connectivity index (χ4v) is 2.14. The summed E-state index contributed by atoms with van der Waals surface area (Å²) >= 11 is 0. The number of rotatable bonds is 0. The van der Waals surface area contributed by atoms with Crippen LogP contribution < -0.4 is 0 Å². The minimum absolute atomic E-state index is 0. The first-order valence-electron chi connectivity index (χ1n) is 7.56. The van der Waals surface area contributed by atoms with Crippen LogP contribution in [0.2, 0.25) is 0 Å². The zero-order chi connectivity index (χ0) is 16.2. The number of fused-ring (bicyclic) bond motifs is 2. The van der Waals surface area contributed by atoms with Gasteiger partial charge in [0.05, 0.1) is 0 Å². The van der Waals surface area contributed by atoms with Gasteiger partial charge in [-0.3, -0.25) is 0 Å². The van der Waals surface area contributed by atoms with Crippen LogP contribution in [0.5, 0.6) is 0 Å². The normalized spacial score (nSPS) is 8.52. The molecular formula is C22H24Ti. The van der Waals surface area contributed by atoms with E-state index in [9.17, 15) is 0 Å². The molecule has 0 N–H and O–H groups in total. The van der Waals surface area contributed by atoms with E-state index in [1.54, 1.807) is 13.8 Å². The van der Waals surface area contributed by atoms with E-state index in [4.69, 9.17) is 0 Å². The molecule has 116 valence electrons. The molecule has 0 unspecified atom stereocenters. The van der Waals surface area contributed by atoms with E-state index >= 15 is 0 Å². The first-order valence-corrected chi connectivity index (χ1v) is 7.56. The summed E-state index contributed by atoms with van der Waals surface area (Å²) in [5, 5.41) is 5.32. The zero-order valence-corrected chi connectivity index (χ0v) is 15.6. The van der Waals surface area contributed by atoms with Crippen LogP contribution in [0.15, 0.2) is 84.9 Å². The van der Waals surface area contributed by atoms with E-state index in [1.165, 1.54) is 21.5 Å². The van der Waals surface area contributed by atoms with Gasteiger partial charge in [0, 0.05) is 0 Å². The summed E-state index contributed by atoms with van der Waals surface area (Å²) in [6.45, 7) is 10.0. The van der Waals surface area contributed by atoms with Crippen LogP contribution in [0.3, 0.4) is 0 Å². The molecule has 0 saturated carbocycles. The second-order valence-corrected chi connectivity index (χ2v) is 4.31. The van der Waals surface area contributed by atoms with E-state index in [0.29, 0.717) is 0 Å². The van der Waals surface area contributed by atoms with Gasteiger partial charge in [-0.25, -0.2) is 0 Å². The smallest absolute Gasteiger partial charge is 0.346 e. The van der Waals surface area contributed by atoms with Gasteiger partial charge >= 0.3 is 21.7 Å². The third-order valence-electron chi connectivity index (χ3n) is 3.10. The van der Waals surface area contributed by atoms with E-state index in [0.717, 1.165) is 0 Å². The van der Waals surface area contributed by atoms with Gasteiger partial charge in [-0.2, -0.15) is 48.9 Å². The largest absolute Gasteiger partial charge is 4.00 e. The number of hydrogen-bond acceptors (Lipinski definition) is 0. The van der Waals surface area contributed by atoms with Crippen LogP contribution >= 0.6 is 0 Å². The van der Waals surface area contributed by atoms with Crippen LogP contribution in [0.4, 0.5) is 0 Å². The Kier molecular flexibility index (Phi) is 12.0. The van der Waals surface area contributed by atoms with Crippen molar-refractivity contribution in [3.63, 3.8) is 0 Å². The summed E-state index contributed by atoms with van der Waals surface area (Å²) in [5.41, 5.74) is 0. The van der Waals surface area contributed by atoms with Crippen LogP contribution in [-0.4, -0.2) is 0 Å². The van der Waals surface area contributed by atoms with Crippen molar-refractivity contribution in [1.82, 2.24) is 0 Å². The molecule has 0 spiro atoms. The number of benzene rings is 2. The summed E-state index contributed by atoms with van der Waals surface area (Å²) in [6, 6.07) is 29.3. The van der Waals surface area contributed by atoms with Gasteiger partial charge in [0.15, 0.2) is 0 Å². The predicted octanol–water partition coefficient (Wildman–Crippen LogP) is 6.80. The van der Waals surface area contributed by atoms with Crippen LogP contribution in [0.25, 0.3) is 21.5 Å². The van der Waals surface area contributed by atoms with Crippen LogP contribution in [-0.2, 0) is 21.7 Å². The maximum atomic E-state index is 3.25. The molecule has 0 saturated heterocycles. The van der Waals surface area contributed by atoms with Crippen molar-refractivity contribution < 1.29 is 21.7 Å². The average Bonchev–Trinajstić information content (AvgIpc) is 3.28.